The summed E-state index contributed by atoms with van der Waals surface area (Å²) >= 11 is 5.83. The molecule has 6 nitrogen and oxygen atoms in total. The van der Waals surface area contributed by atoms with Crippen LogP contribution in [0.15, 0.2) is 30.5 Å². The number of halogens is 1. The molecule has 1 heterocycles. The Hall–Kier alpha value is -1.76. The van der Waals surface area contributed by atoms with E-state index < -0.39 is 0 Å². The molecule has 0 unspecified atom stereocenters. The summed E-state index contributed by atoms with van der Waals surface area (Å²) in [6.07, 6.45) is 5.99. The lowest BCUT2D eigenvalue weighted by Crippen LogP contribution is -2.30. The molecule has 0 amide bonds. The van der Waals surface area contributed by atoms with Gasteiger partial charge in [0, 0.05) is 16.6 Å². The van der Waals surface area contributed by atoms with E-state index in [-0.39, 0.29) is 18.4 Å². The minimum atomic E-state index is -0.0368. The van der Waals surface area contributed by atoms with Crippen molar-refractivity contribution in [2.24, 2.45) is 5.73 Å². The number of rotatable bonds is 6. The Morgan fingerprint density at radius 3 is 2.67 bits per heavy atom. The lowest BCUT2D eigenvalue weighted by Gasteiger charge is -2.25. The van der Waals surface area contributed by atoms with Crippen molar-refractivity contribution in [3.63, 3.8) is 0 Å². The van der Waals surface area contributed by atoms with Crippen LogP contribution in [0.1, 0.15) is 41.7 Å². The third-order valence-electron chi connectivity index (χ3n) is 4.24. The van der Waals surface area contributed by atoms with Gasteiger partial charge in [0.2, 0.25) is 0 Å². The largest absolute Gasteiger partial charge is 0.372 e. The molecule has 0 radical (unpaired) electrons. The van der Waals surface area contributed by atoms with Crippen LogP contribution in [0.3, 0.4) is 0 Å². The molecule has 0 atom stereocenters. The fourth-order valence-electron chi connectivity index (χ4n) is 2.81. The first kappa shape index (κ1) is 17.1. The third-order valence-corrected chi connectivity index (χ3v) is 4.50. The molecule has 3 rings (SSSR count). The summed E-state index contributed by atoms with van der Waals surface area (Å²) in [4.78, 5) is 12.2. The highest BCUT2D eigenvalue weighted by Crippen LogP contribution is 2.20. The van der Waals surface area contributed by atoms with Crippen molar-refractivity contribution < 1.29 is 9.53 Å². The number of Topliss-reactive ketones (excluding diaryl/α,β-unsaturated/α-hetero) is 1. The Labute approximate surface area is 145 Å². The first-order valence-electron chi connectivity index (χ1n) is 8.15. The number of nitrogens with two attached hydrogens (primary N) is 1. The number of carbonyl (C=O) groups is 1. The van der Waals surface area contributed by atoms with Crippen molar-refractivity contribution in [3.8, 4) is 0 Å². The van der Waals surface area contributed by atoms with E-state index in [1.807, 2.05) is 0 Å². The monoisotopic (exact) mass is 348 g/mol. The van der Waals surface area contributed by atoms with Crippen LogP contribution in [0, 0.1) is 0 Å². The van der Waals surface area contributed by atoms with E-state index in [2.05, 4.69) is 10.3 Å². The second-order valence-electron chi connectivity index (χ2n) is 6.19. The number of ether oxygens (including phenoxy) is 1. The average molecular weight is 349 g/mol. The number of hydrogen-bond acceptors (Lipinski definition) is 5. The van der Waals surface area contributed by atoms with Crippen LogP contribution >= 0.6 is 11.6 Å². The molecule has 0 spiro atoms. The lowest BCUT2D eigenvalue weighted by molar-refractivity contribution is 0.0122. The average Bonchev–Trinajstić information content (AvgIpc) is 3.02. The fraction of sp³-hybridized carbons (Fsp3) is 0.471. The number of hydrogen-bond donors (Lipinski definition) is 1. The number of nitrogens with zero attached hydrogens (tertiary/aromatic N) is 3. The van der Waals surface area contributed by atoms with Gasteiger partial charge in [-0.25, -0.2) is 4.68 Å². The molecule has 1 aromatic carbocycles. The second-order valence-corrected chi connectivity index (χ2v) is 6.62. The Kier molecular flexibility index (Phi) is 5.60. The van der Waals surface area contributed by atoms with Crippen LogP contribution < -0.4 is 5.73 Å². The van der Waals surface area contributed by atoms with Crippen LogP contribution in [0.25, 0.3) is 0 Å². The van der Waals surface area contributed by atoms with Gasteiger partial charge in [0.25, 0.3) is 0 Å². The van der Waals surface area contributed by atoms with Crippen molar-refractivity contribution in [1.82, 2.24) is 15.0 Å². The van der Waals surface area contributed by atoms with Gasteiger partial charge in [-0.1, -0.05) is 16.8 Å². The molecule has 1 aliphatic carbocycles. The number of carbonyl (C=O) groups excluding carboxylic acids is 1. The van der Waals surface area contributed by atoms with Crippen LogP contribution in [0.2, 0.25) is 5.02 Å². The van der Waals surface area contributed by atoms with Gasteiger partial charge in [-0.15, -0.1) is 5.10 Å². The van der Waals surface area contributed by atoms with Gasteiger partial charge in [-0.3, -0.25) is 4.79 Å². The van der Waals surface area contributed by atoms with Crippen molar-refractivity contribution in [1.29, 1.82) is 0 Å². The van der Waals surface area contributed by atoms with Gasteiger partial charge < -0.3 is 10.5 Å². The van der Waals surface area contributed by atoms with Gasteiger partial charge in [0.1, 0.15) is 12.2 Å². The Morgan fingerprint density at radius 2 is 1.96 bits per heavy atom. The van der Waals surface area contributed by atoms with E-state index in [0.29, 0.717) is 23.2 Å². The summed E-state index contributed by atoms with van der Waals surface area (Å²) in [5.74, 6) is -0.0368. The minimum absolute atomic E-state index is 0.0368. The zero-order valence-electron chi connectivity index (χ0n) is 13.4. The summed E-state index contributed by atoms with van der Waals surface area (Å²) in [7, 11) is 0. The zero-order chi connectivity index (χ0) is 16.9. The van der Waals surface area contributed by atoms with E-state index in [1.165, 1.54) is 4.68 Å². The van der Waals surface area contributed by atoms with Crippen molar-refractivity contribution in [2.45, 2.75) is 51.0 Å². The number of ketones is 1. The maximum Gasteiger partial charge on any atom is 0.184 e. The van der Waals surface area contributed by atoms with E-state index in [0.717, 1.165) is 31.4 Å². The molecular formula is C17H21ClN4O2. The molecule has 0 aliphatic heterocycles. The predicted molar refractivity (Wildman–Crippen MR) is 90.8 cm³/mol. The smallest absolute Gasteiger partial charge is 0.184 e. The second kappa shape index (κ2) is 7.88. The maximum absolute atomic E-state index is 12.2. The highest BCUT2D eigenvalue weighted by atomic mass is 35.5. The van der Waals surface area contributed by atoms with Crippen LogP contribution in [0.4, 0.5) is 0 Å². The summed E-state index contributed by atoms with van der Waals surface area (Å²) < 4.78 is 7.40. The molecule has 7 heteroatoms. The maximum atomic E-state index is 12.2. The lowest BCUT2D eigenvalue weighted by atomic mass is 9.94. The SMILES string of the molecule is NC1CCC(OCc2cn(CC(=O)c3ccc(Cl)cc3)nn2)CC1. The topological polar surface area (TPSA) is 83.0 Å². The van der Waals surface area contributed by atoms with Crippen LogP contribution in [0.5, 0.6) is 0 Å². The molecule has 1 saturated carbocycles. The first-order chi connectivity index (χ1) is 11.6. The van der Waals surface area contributed by atoms with E-state index >= 15 is 0 Å². The Bertz CT molecular complexity index is 678. The molecule has 2 aromatic rings. The summed E-state index contributed by atoms with van der Waals surface area (Å²) in [6, 6.07) is 7.13. The molecule has 1 aromatic heterocycles. The molecule has 0 bridgehead atoms. The van der Waals surface area contributed by atoms with E-state index in [4.69, 9.17) is 22.1 Å². The molecule has 24 heavy (non-hydrogen) atoms. The first-order valence-corrected chi connectivity index (χ1v) is 8.53. The third kappa shape index (κ3) is 4.63. The Morgan fingerprint density at radius 1 is 1.25 bits per heavy atom. The van der Waals surface area contributed by atoms with Gasteiger partial charge >= 0.3 is 0 Å². The minimum Gasteiger partial charge on any atom is -0.372 e. The number of benzene rings is 1. The van der Waals surface area contributed by atoms with Crippen LogP contribution in [-0.4, -0.2) is 32.9 Å². The summed E-state index contributed by atoms with van der Waals surface area (Å²) in [5, 5.41) is 8.67. The highest BCUT2D eigenvalue weighted by Gasteiger charge is 2.19. The fourth-order valence-corrected chi connectivity index (χ4v) is 2.94. The van der Waals surface area contributed by atoms with Crippen LogP contribution in [-0.2, 0) is 17.9 Å². The van der Waals surface area contributed by atoms with Crippen molar-refractivity contribution in [3.05, 3.63) is 46.7 Å². The van der Waals surface area contributed by atoms with E-state index in [1.54, 1.807) is 30.5 Å². The molecule has 128 valence electrons. The van der Waals surface area contributed by atoms with Gasteiger partial charge in [0.15, 0.2) is 5.78 Å². The molecule has 1 fully saturated rings. The predicted octanol–water partition coefficient (Wildman–Crippen LogP) is 2.60. The molecule has 1 aliphatic rings. The van der Waals surface area contributed by atoms with E-state index in [9.17, 15) is 4.79 Å². The quantitative estimate of drug-likeness (QED) is 0.811. The summed E-state index contributed by atoms with van der Waals surface area (Å²) in [5.41, 5.74) is 7.22. The van der Waals surface area contributed by atoms with Gasteiger partial charge in [0.05, 0.1) is 18.9 Å². The standard InChI is InChI=1S/C17H21ClN4O2/c18-13-3-1-12(2-4-13)17(23)10-22-9-15(20-21-22)11-24-16-7-5-14(19)6-8-16/h1-4,9,14,16H,5-8,10-11,19H2. The Balaban J connectivity index is 1.50. The molecule has 2 N–H and O–H groups in total. The summed E-state index contributed by atoms with van der Waals surface area (Å²) in [6.45, 7) is 0.557. The van der Waals surface area contributed by atoms with Crippen molar-refractivity contribution >= 4 is 17.4 Å². The van der Waals surface area contributed by atoms with Gasteiger partial charge in [-0.05, 0) is 49.9 Å². The van der Waals surface area contributed by atoms with Crippen molar-refractivity contribution in [2.75, 3.05) is 0 Å². The molecule has 0 saturated heterocycles. The number of aromatic nitrogens is 3. The zero-order valence-corrected chi connectivity index (χ0v) is 14.2. The highest BCUT2D eigenvalue weighted by molar-refractivity contribution is 6.30. The molecular weight excluding hydrogens is 328 g/mol. The van der Waals surface area contributed by atoms with Gasteiger partial charge in [-0.2, -0.15) is 0 Å². The normalized spacial score (nSPS) is 20.9.